The zero-order valence-corrected chi connectivity index (χ0v) is 9.12. The van der Waals surface area contributed by atoms with Gasteiger partial charge >= 0.3 is 5.97 Å². The van der Waals surface area contributed by atoms with Crippen LogP contribution in [0, 0.1) is 0 Å². The molecule has 90 valence electrons. The van der Waals surface area contributed by atoms with E-state index < -0.39 is 12.1 Å². The molecule has 2 heterocycles. The van der Waals surface area contributed by atoms with Gasteiger partial charge < -0.3 is 18.8 Å². The third kappa shape index (κ3) is 2.73. The molecule has 17 heavy (non-hydrogen) atoms. The zero-order chi connectivity index (χ0) is 12.3. The molecule has 6 nitrogen and oxygen atoms in total. The Bertz CT molecular complexity index is 488. The normalized spacial score (nSPS) is 12.5. The van der Waals surface area contributed by atoms with Gasteiger partial charge in [-0.15, -0.1) is 0 Å². The molecule has 0 aliphatic heterocycles. The Labute approximate surface area is 96.8 Å². The van der Waals surface area contributed by atoms with Gasteiger partial charge in [-0.2, -0.15) is 0 Å². The van der Waals surface area contributed by atoms with E-state index in [0.717, 1.165) is 0 Å². The van der Waals surface area contributed by atoms with Crippen LogP contribution in [0.4, 0.5) is 0 Å². The number of carboxylic acid groups (broad SMARTS) is 1. The minimum atomic E-state index is -1.01. The minimum Gasteiger partial charge on any atom is -0.479 e. The first-order valence-electron chi connectivity index (χ1n) is 5.00. The predicted molar refractivity (Wildman–Crippen MR) is 56.1 cm³/mol. The predicted octanol–water partition coefficient (Wildman–Crippen LogP) is 1.92. The number of rotatable bonds is 5. The largest absolute Gasteiger partial charge is 0.479 e. The van der Waals surface area contributed by atoms with Crippen molar-refractivity contribution in [2.45, 2.75) is 19.6 Å². The van der Waals surface area contributed by atoms with E-state index in [4.69, 9.17) is 18.8 Å². The Morgan fingerprint density at radius 3 is 3.06 bits per heavy atom. The summed E-state index contributed by atoms with van der Waals surface area (Å²) < 4.78 is 15.2. The van der Waals surface area contributed by atoms with Crippen molar-refractivity contribution in [3.8, 4) is 11.5 Å². The van der Waals surface area contributed by atoms with Crippen LogP contribution in [-0.4, -0.2) is 22.3 Å². The van der Waals surface area contributed by atoms with Crippen LogP contribution in [0.25, 0.3) is 11.5 Å². The summed E-state index contributed by atoms with van der Waals surface area (Å²) in [6.07, 6.45) is 0.652. The van der Waals surface area contributed by atoms with Gasteiger partial charge in [-0.1, -0.05) is 5.16 Å². The van der Waals surface area contributed by atoms with Crippen LogP contribution in [0.2, 0.25) is 0 Å². The molecule has 0 saturated heterocycles. The lowest BCUT2D eigenvalue weighted by Crippen LogP contribution is -2.19. The first-order valence-corrected chi connectivity index (χ1v) is 5.00. The van der Waals surface area contributed by atoms with Crippen molar-refractivity contribution < 1.29 is 23.6 Å². The lowest BCUT2D eigenvalue weighted by Gasteiger charge is -2.05. The summed E-state index contributed by atoms with van der Waals surface area (Å²) in [5.74, 6) is 0.0337. The number of furan rings is 1. The molecule has 0 unspecified atom stereocenters. The maximum atomic E-state index is 10.5. The van der Waals surface area contributed by atoms with Crippen molar-refractivity contribution in [3.05, 3.63) is 30.2 Å². The van der Waals surface area contributed by atoms with Crippen LogP contribution in [-0.2, 0) is 16.1 Å². The van der Waals surface area contributed by atoms with Crippen molar-refractivity contribution in [1.82, 2.24) is 5.16 Å². The zero-order valence-electron chi connectivity index (χ0n) is 9.12. The Hall–Kier alpha value is -2.08. The van der Waals surface area contributed by atoms with Gasteiger partial charge in [0.15, 0.2) is 11.9 Å². The van der Waals surface area contributed by atoms with Gasteiger partial charge in [0.1, 0.15) is 5.69 Å². The summed E-state index contributed by atoms with van der Waals surface area (Å²) in [7, 11) is 0. The first kappa shape index (κ1) is 11.4. The van der Waals surface area contributed by atoms with Crippen molar-refractivity contribution in [2.75, 3.05) is 0 Å². The minimum absolute atomic E-state index is 0.0810. The number of hydrogen-bond donors (Lipinski definition) is 1. The molecule has 1 N–H and O–H groups in total. The van der Waals surface area contributed by atoms with Crippen molar-refractivity contribution in [3.63, 3.8) is 0 Å². The number of nitrogens with zero attached hydrogens (tertiary/aromatic N) is 1. The molecule has 1 atom stereocenters. The van der Waals surface area contributed by atoms with Crippen LogP contribution in [0.3, 0.4) is 0 Å². The highest BCUT2D eigenvalue weighted by Gasteiger charge is 2.13. The highest BCUT2D eigenvalue weighted by Crippen LogP contribution is 2.20. The maximum absolute atomic E-state index is 10.5. The lowest BCUT2D eigenvalue weighted by atomic mass is 10.3. The Morgan fingerprint density at radius 2 is 2.41 bits per heavy atom. The van der Waals surface area contributed by atoms with E-state index in [1.807, 2.05) is 0 Å². The highest BCUT2D eigenvalue weighted by atomic mass is 16.5. The topological polar surface area (TPSA) is 85.7 Å². The molecule has 0 radical (unpaired) electrons. The number of carbonyl (C=O) groups is 1. The van der Waals surface area contributed by atoms with Crippen LogP contribution in [0.5, 0.6) is 0 Å². The van der Waals surface area contributed by atoms with Gasteiger partial charge in [-0.25, -0.2) is 4.79 Å². The van der Waals surface area contributed by atoms with Gasteiger partial charge in [0.05, 0.1) is 12.9 Å². The Kier molecular flexibility index (Phi) is 3.24. The molecule has 2 aromatic heterocycles. The summed E-state index contributed by atoms with van der Waals surface area (Å²) in [5.41, 5.74) is 0.518. The molecule has 0 aliphatic carbocycles. The molecule has 0 bridgehead atoms. The second kappa shape index (κ2) is 4.84. The molecular formula is C11H11NO5. The second-order valence-corrected chi connectivity index (χ2v) is 3.45. The van der Waals surface area contributed by atoms with Crippen molar-refractivity contribution in [1.29, 1.82) is 0 Å². The third-order valence-corrected chi connectivity index (χ3v) is 2.15. The fraction of sp³-hybridized carbons (Fsp3) is 0.273. The summed E-state index contributed by atoms with van der Waals surface area (Å²) in [5, 5.41) is 12.4. The van der Waals surface area contributed by atoms with E-state index in [0.29, 0.717) is 17.2 Å². The Morgan fingerprint density at radius 1 is 1.59 bits per heavy atom. The summed E-state index contributed by atoms with van der Waals surface area (Å²) in [6, 6.07) is 5.12. The van der Waals surface area contributed by atoms with Gasteiger partial charge in [0, 0.05) is 6.07 Å². The van der Waals surface area contributed by atoms with Crippen LogP contribution >= 0.6 is 0 Å². The number of carboxylic acids is 1. The number of ether oxygens (including phenoxy) is 1. The van der Waals surface area contributed by atoms with E-state index in [1.54, 1.807) is 18.2 Å². The van der Waals surface area contributed by atoms with Crippen LogP contribution in [0.15, 0.2) is 33.4 Å². The molecule has 2 rings (SSSR count). The fourth-order valence-corrected chi connectivity index (χ4v) is 1.20. The number of hydrogen-bond acceptors (Lipinski definition) is 5. The first-order chi connectivity index (χ1) is 8.16. The standard InChI is InChI=1S/C11H11NO5/c1-7(11(13)14)16-6-8-5-10(17-12-8)9-3-2-4-15-9/h2-5,7H,6H2,1H3,(H,13,14)/t7-/m1/s1. The van der Waals surface area contributed by atoms with E-state index >= 15 is 0 Å². The molecule has 0 spiro atoms. The van der Waals surface area contributed by atoms with Crippen LogP contribution in [0.1, 0.15) is 12.6 Å². The molecular weight excluding hydrogens is 226 g/mol. The van der Waals surface area contributed by atoms with E-state index in [9.17, 15) is 4.79 Å². The quantitative estimate of drug-likeness (QED) is 0.854. The molecule has 2 aromatic rings. The molecule has 0 amide bonds. The van der Waals surface area contributed by atoms with Crippen molar-refractivity contribution in [2.24, 2.45) is 0 Å². The van der Waals surface area contributed by atoms with Gasteiger partial charge in [0.2, 0.25) is 5.76 Å². The monoisotopic (exact) mass is 237 g/mol. The van der Waals surface area contributed by atoms with Gasteiger partial charge in [-0.05, 0) is 19.1 Å². The average Bonchev–Trinajstić information content (AvgIpc) is 2.95. The van der Waals surface area contributed by atoms with Crippen molar-refractivity contribution >= 4 is 5.97 Å². The molecule has 0 saturated carbocycles. The van der Waals surface area contributed by atoms with E-state index in [2.05, 4.69) is 5.16 Å². The molecule has 0 aliphatic rings. The molecule has 6 heteroatoms. The van der Waals surface area contributed by atoms with Crippen LogP contribution < -0.4 is 0 Å². The summed E-state index contributed by atoms with van der Waals surface area (Å²) in [6.45, 7) is 1.54. The highest BCUT2D eigenvalue weighted by molar-refractivity contribution is 5.71. The van der Waals surface area contributed by atoms with E-state index in [-0.39, 0.29) is 6.61 Å². The van der Waals surface area contributed by atoms with Gasteiger partial charge in [-0.3, -0.25) is 0 Å². The summed E-state index contributed by atoms with van der Waals surface area (Å²) >= 11 is 0. The lowest BCUT2D eigenvalue weighted by molar-refractivity contribution is -0.149. The average molecular weight is 237 g/mol. The Balaban J connectivity index is 1.97. The smallest absolute Gasteiger partial charge is 0.332 e. The fourth-order valence-electron chi connectivity index (χ4n) is 1.20. The van der Waals surface area contributed by atoms with E-state index in [1.165, 1.54) is 13.2 Å². The number of aromatic nitrogens is 1. The summed E-state index contributed by atoms with van der Waals surface area (Å²) in [4.78, 5) is 10.5. The third-order valence-electron chi connectivity index (χ3n) is 2.15. The maximum Gasteiger partial charge on any atom is 0.332 e. The second-order valence-electron chi connectivity index (χ2n) is 3.45. The molecule has 0 fully saturated rings. The number of aliphatic carboxylic acids is 1. The van der Waals surface area contributed by atoms with Gasteiger partial charge in [0.25, 0.3) is 0 Å². The molecule has 0 aromatic carbocycles. The SMILES string of the molecule is C[C@@H](OCc1cc(-c2ccco2)on1)C(=O)O.